The standard InChI is InChI=1S/C9H16N2OS/c1-6-5-13-8(11-6)9(3,10)7(2)12-4/h5,7H,10H2,1-4H3. The van der Waals surface area contributed by atoms with Gasteiger partial charge in [0.2, 0.25) is 0 Å². The Morgan fingerprint density at radius 2 is 2.31 bits per heavy atom. The number of rotatable bonds is 3. The van der Waals surface area contributed by atoms with E-state index in [9.17, 15) is 0 Å². The second-order valence-corrected chi connectivity index (χ2v) is 4.31. The summed E-state index contributed by atoms with van der Waals surface area (Å²) < 4.78 is 5.22. The zero-order valence-electron chi connectivity index (χ0n) is 8.50. The minimum absolute atomic E-state index is 0.0296. The van der Waals surface area contributed by atoms with Gasteiger partial charge >= 0.3 is 0 Å². The number of nitrogens with zero attached hydrogens (tertiary/aromatic N) is 1. The van der Waals surface area contributed by atoms with E-state index in [0.717, 1.165) is 10.7 Å². The summed E-state index contributed by atoms with van der Waals surface area (Å²) >= 11 is 1.58. The number of methoxy groups -OCH3 is 1. The molecule has 0 saturated carbocycles. The van der Waals surface area contributed by atoms with Gasteiger partial charge in [-0.2, -0.15) is 0 Å². The zero-order valence-corrected chi connectivity index (χ0v) is 9.31. The lowest BCUT2D eigenvalue weighted by atomic mass is 9.98. The zero-order chi connectivity index (χ0) is 10.1. The molecule has 0 amide bonds. The molecule has 0 fully saturated rings. The summed E-state index contributed by atoms with van der Waals surface area (Å²) in [6.07, 6.45) is -0.0296. The van der Waals surface area contributed by atoms with Crippen LogP contribution in [0.5, 0.6) is 0 Å². The highest BCUT2D eigenvalue weighted by atomic mass is 32.1. The Morgan fingerprint density at radius 3 is 2.69 bits per heavy atom. The van der Waals surface area contributed by atoms with E-state index >= 15 is 0 Å². The Bertz CT molecular complexity index is 283. The molecule has 13 heavy (non-hydrogen) atoms. The lowest BCUT2D eigenvalue weighted by molar-refractivity contribution is 0.0553. The van der Waals surface area contributed by atoms with Gasteiger partial charge in [-0.05, 0) is 20.8 Å². The average Bonchev–Trinajstić information content (AvgIpc) is 2.50. The molecule has 0 aliphatic carbocycles. The van der Waals surface area contributed by atoms with Crippen LogP contribution in [-0.4, -0.2) is 18.2 Å². The van der Waals surface area contributed by atoms with Crippen LogP contribution in [0.4, 0.5) is 0 Å². The Kier molecular flexibility index (Phi) is 3.05. The number of aromatic nitrogens is 1. The van der Waals surface area contributed by atoms with Gasteiger partial charge in [0.25, 0.3) is 0 Å². The molecule has 0 aliphatic heterocycles. The predicted octanol–water partition coefficient (Wildman–Crippen LogP) is 1.66. The van der Waals surface area contributed by atoms with Crippen molar-refractivity contribution in [3.8, 4) is 0 Å². The van der Waals surface area contributed by atoms with Gasteiger partial charge in [0, 0.05) is 18.2 Å². The van der Waals surface area contributed by atoms with Crippen LogP contribution < -0.4 is 5.73 Å². The van der Waals surface area contributed by atoms with Crippen LogP contribution in [0.3, 0.4) is 0 Å². The van der Waals surface area contributed by atoms with Crippen molar-refractivity contribution in [1.82, 2.24) is 4.98 Å². The summed E-state index contributed by atoms with van der Waals surface area (Å²) in [6.45, 7) is 5.86. The molecule has 3 nitrogen and oxygen atoms in total. The van der Waals surface area contributed by atoms with Gasteiger partial charge in [0.05, 0.1) is 11.6 Å². The maximum absolute atomic E-state index is 6.13. The second-order valence-electron chi connectivity index (χ2n) is 3.45. The van der Waals surface area contributed by atoms with E-state index in [-0.39, 0.29) is 6.10 Å². The number of thiazole rings is 1. The van der Waals surface area contributed by atoms with Crippen molar-refractivity contribution >= 4 is 11.3 Å². The third-order valence-corrected chi connectivity index (χ3v) is 3.49. The molecule has 1 aromatic heterocycles. The van der Waals surface area contributed by atoms with Crippen LogP contribution >= 0.6 is 11.3 Å². The van der Waals surface area contributed by atoms with E-state index < -0.39 is 5.54 Å². The highest BCUT2D eigenvalue weighted by molar-refractivity contribution is 7.09. The predicted molar refractivity (Wildman–Crippen MR) is 54.9 cm³/mol. The highest BCUT2D eigenvalue weighted by Crippen LogP contribution is 2.26. The summed E-state index contributed by atoms with van der Waals surface area (Å²) in [5.74, 6) is 0. The van der Waals surface area contributed by atoms with Crippen molar-refractivity contribution in [1.29, 1.82) is 0 Å². The quantitative estimate of drug-likeness (QED) is 0.807. The first-order valence-corrected chi connectivity index (χ1v) is 5.10. The second kappa shape index (κ2) is 3.74. The SMILES string of the molecule is COC(C)C(C)(N)c1nc(C)cs1. The van der Waals surface area contributed by atoms with E-state index in [1.165, 1.54) is 0 Å². The van der Waals surface area contributed by atoms with Crippen LogP contribution in [0.2, 0.25) is 0 Å². The van der Waals surface area contributed by atoms with Crippen LogP contribution in [0.1, 0.15) is 24.5 Å². The van der Waals surface area contributed by atoms with Crippen LogP contribution in [0, 0.1) is 6.92 Å². The van der Waals surface area contributed by atoms with Gasteiger partial charge in [-0.15, -0.1) is 11.3 Å². The maximum atomic E-state index is 6.13. The average molecular weight is 200 g/mol. The molecule has 0 aromatic carbocycles. The summed E-state index contributed by atoms with van der Waals surface area (Å²) in [7, 11) is 1.66. The van der Waals surface area contributed by atoms with Crippen molar-refractivity contribution in [3.63, 3.8) is 0 Å². The molecule has 4 heteroatoms. The van der Waals surface area contributed by atoms with E-state index in [1.807, 2.05) is 26.2 Å². The molecular weight excluding hydrogens is 184 g/mol. The van der Waals surface area contributed by atoms with Gasteiger partial charge in [0.15, 0.2) is 0 Å². The molecule has 0 spiro atoms. The molecule has 1 aromatic rings. The van der Waals surface area contributed by atoms with E-state index in [4.69, 9.17) is 10.5 Å². The molecule has 0 saturated heterocycles. The molecule has 2 unspecified atom stereocenters. The fraction of sp³-hybridized carbons (Fsp3) is 0.667. The summed E-state index contributed by atoms with van der Waals surface area (Å²) in [6, 6.07) is 0. The minimum atomic E-state index is -0.492. The van der Waals surface area contributed by atoms with Gasteiger partial charge in [-0.3, -0.25) is 0 Å². The first-order chi connectivity index (χ1) is 5.98. The number of hydrogen-bond donors (Lipinski definition) is 1. The summed E-state index contributed by atoms with van der Waals surface area (Å²) in [5, 5.41) is 2.93. The lowest BCUT2D eigenvalue weighted by Gasteiger charge is -2.28. The Hall–Kier alpha value is -0.450. The van der Waals surface area contributed by atoms with Crippen LogP contribution in [-0.2, 0) is 10.3 Å². The lowest BCUT2D eigenvalue weighted by Crippen LogP contribution is -2.44. The number of ether oxygens (including phenoxy) is 1. The molecule has 2 atom stereocenters. The topological polar surface area (TPSA) is 48.1 Å². The van der Waals surface area contributed by atoms with Crippen LogP contribution in [0.15, 0.2) is 5.38 Å². The first kappa shape index (κ1) is 10.6. The van der Waals surface area contributed by atoms with Crippen molar-refractivity contribution in [3.05, 3.63) is 16.1 Å². The molecule has 1 rings (SSSR count). The van der Waals surface area contributed by atoms with E-state index in [1.54, 1.807) is 18.4 Å². The number of aryl methyl sites for hydroxylation is 1. The largest absolute Gasteiger partial charge is 0.379 e. The van der Waals surface area contributed by atoms with Crippen molar-refractivity contribution in [2.24, 2.45) is 5.73 Å². The van der Waals surface area contributed by atoms with Gasteiger partial charge in [0.1, 0.15) is 5.01 Å². The summed E-state index contributed by atoms with van der Waals surface area (Å²) in [4.78, 5) is 4.36. The normalized spacial score (nSPS) is 18.2. The smallest absolute Gasteiger partial charge is 0.115 e. The van der Waals surface area contributed by atoms with Crippen LogP contribution in [0.25, 0.3) is 0 Å². The Morgan fingerprint density at radius 1 is 1.69 bits per heavy atom. The van der Waals surface area contributed by atoms with Gasteiger partial charge in [-0.25, -0.2) is 4.98 Å². The Balaban J connectivity index is 2.92. The van der Waals surface area contributed by atoms with Gasteiger partial charge in [-0.1, -0.05) is 0 Å². The molecular formula is C9H16N2OS. The fourth-order valence-electron chi connectivity index (χ4n) is 1.02. The van der Waals surface area contributed by atoms with Crippen molar-refractivity contribution < 1.29 is 4.74 Å². The number of nitrogens with two attached hydrogens (primary N) is 1. The monoisotopic (exact) mass is 200 g/mol. The van der Waals surface area contributed by atoms with E-state index in [0.29, 0.717) is 0 Å². The first-order valence-electron chi connectivity index (χ1n) is 4.22. The molecule has 1 heterocycles. The molecule has 74 valence electrons. The van der Waals surface area contributed by atoms with Crippen molar-refractivity contribution in [2.45, 2.75) is 32.4 Å². The third kappa shape index (κ3) is 2.07. The molecule has 0 bridgehead atoms. The molecule has 2 N–H and O–H groups in total. The number of hydrogen-bond acceptors (Lipinski definition) is 4. The fourth-order valence-corrected chi connectivity index (χ4v) is 1.97. The highest BCUT2D eigenvalue weighted by Gasteiger charge is 2.31. The maximum Gasteiger partial charge on any atom is 0.115 e. The molecule has 0 aliphatic rings. The van der Waals surface area contributed by atoms with E-state index in [2.05, 4.69) is 4.98 Å². The summed E-state index contributed by atoms with van der Waals surface area (Å²) in [5.41, 5.74) is 6.65. The van der Waals surface area contributed by atoms with Crippen molar-refractivity contribution in [2.75, 3.05) is 7.11 Å². The van der Waals surface area contributed by atoms with Gasteiger partial charge < -0.3 is 10.5 Å². The Labute approximate surface area is 82.9 Å². The molecule has 0 radical (unpaired) electrons. The minimum Gasteiger partial charge on any atom is -0.379 e. The third-order valence-electron chi connectivity index (χ3n) is 2.28.